The quantitative estimate of drug-likeness (QED) is 0.165. The van der Waals surface area contributed by atoms with Crippen molar-refractivity contribution >= 4 is 29.1 Å². The minimum absolute atomic E-state index is 0.00944. The molecule has 40 heavy (non-hydrogen) atoms. The van der Waals surface area contributed by atoms with E-state index in [4.69, 9.17) is 9.47 Å². The fourth-order valence-corrected chi connectivity index (χ4v) is 4.61. The summed E-state index contributed by atoms with van der Waals surface area (Å²) in [4.78, 5) is 40.6. The van der Waals surface area contributed by atoms with Crippen molar-refractivity contribution in [2.45, 2.75) is 45.6 Å². The van der Waals surface area contributed by atoms with Crippen molar-refractivity contribution < 1.29 is 34.1 Å². The normalized spacial score (nSPS) is 16.7. The lowest BCUT2D eigenvalue weighted by Gasteiger charge is -2.26. The summed E-state index contributed by atoms with van der Waals surface area (Å²) in [7, 11) is 1.46. The summed E-state index contributed by atoms with van der Waals surface area (Å²) in [6.45, 7) is 8.25. The molecule has 0 aromatic heterocycles. The third-order valence-corrected chi connectivity index (χ3v) is 6.79. The molecule has 1 heterocycles. The van der Waals surface area contributed by atoms with Crippen molar-refractivity contribution in [2.75, 3.05) is 18.6 Å². The Balaban J connectivity index is 1.89. The van der Waals surface area contributed by atoms with Gasteiger partial charge < -0.3 is 19.7 Å². The van der Waals surface area contributed by atoms with Gasteiger partial charge in [0.1, 0.15) is 17.3 Å². The van der Waals surface area contributed by atoms with Gasteiger partial charge in [0.05, 0.1) is 36.5 Å². The highest BCUT2D eigenvalue weighted by Gasteiger charge is 2.47. The number of esters is 1. The van der Waals surface area contributed by atoms with Crippen LogP contribution in [0.1, 0.15) is 67.2 Å². The minimum Gasteiger partial charge on any atom is -0.508 e. The molecule has 1 aliphatic rings. The Morgan fingerprint density at radius 1 is 0.975 bits per heavy atom. The van der Waals surface area contributed by atoms with E-state index in [9.17, 15) is 24.6 Å². The van der Waals surface area contributed by atoms with Crippen LogP contribution >= 0.6 is 0 Å². The fourth-order valence-electron chi connectivity index (χ4n) is 4.61. The van der Waals surface area contributed by atoms with Crippen molar-refractivity contribution in [3.05, 3.63) is 94.6 Å². The average Bonchev–Trinajstić information content (AvgIpc) is 3.20. The molecule has 1 aliphatic heterocycles. The zero-order chi connectivity index (χ0) is 29.2. The third-order valence-electron chi connectivity index (χ3n) is 6.79. The first-order chi connectivity index (χ1) is 19.0. The predicted molar refractivity (Wildman–Crippen MR) is 152 cm³/mol. The highest BCUT2D eigenvalue weighted by atomic mass is 16.5. The second-order valence-corrected chi connectivity index (χ2v) is 10.6. The zero-order valence-electron chi connectivity index (χ0n) is 23.2. The summed E-state index contributed by atoms with van der Waals surface area (Å²) in [5, 5.41) is 21.5. The third kappa shape index (κ3) is 5.43. The number of amides is 1. The monoisotopic (exact) mass is 543 g/mol. The lowest BCUT2D eigenvalue weighted by Crippen LogP contribution is -2.29. The van der Waals surface area contributed by atoms with Crippen LogP contribution in [0.4, 0.5) is 5.69 Å². The summed E-state index contributed by atoms with van der Waals surface area (Å²) >= 11 is 0. The van der Waals surface area contributed by atoms with Crippen LogP contribution < -0.4 is 9.64 Å². The van der Waals surface area contributed by atoms with E-state index >= 15 is 0 Å². The highest BCUT2D eigenvalue weighted by molar-refractivity contribution is 6.51. The standard InChI is InChI=1S/C32H33NO7/c1-6-17-40-31(38)20-7-12-22(13-8-20)33-27(19-9-14-23(34)15-10-19)26(29(36)30(33)37)28(35)24-18-21(32(2,3)4)11-16-25(24)39-5/h7-16,18,27,34-35H,6,17H2,1-5H3/b28-26+. The maximum atomic E-state index is 13.6. The van der Waals surface area contributed by atoms with Gasteiger partial charge in [0.15, 0.2) is 0 Å². The number of carbonyl (C=O) groups excluding carboxylic acids is 3. The first kappa shape index (κ1) is 28.4. The Bertz CT molecular complexity index is 1460. The molecule has 1 fully saturated rings. The molecule has 8 heteroatoms. The number of anilines is 1. The van der Waals surface area contributed by atoms with Gasteiger partial charge in [-0.15, -0.1) is 0 Å². The number of aliphatic hydroxyl groups is 1. The van der Waals surface area contributed by atoms with Crippen LogP contribution in [0.3, 0.4) is 0 Å². The molecular weight excluding hydrogens is 510 g/mol. The number of nitrogens with zero attached hydrogens (tertiary/aromatic N) is 1. The molecule has 8 nitrogen and oxygen atoms in total. The van der Waals surface area contributed by atoms with Gasteiger partial charge in [0.25, 0.3) is 11.7 Å². The number of carbonyl (C=O) groups is 3. The number of Topliss-reactive ketones (excluding diaryl/α,β-unsaturated/α-hetero) is 1. The van der Waals surface area contributed by atoms with Gasteiger partial charge in [-0.05, 0) is 71.5 Å². The molecule has 3 aromatic rings. The van der Waals surface area contributed by atoms with Gasteiger partial charge >= 0.3 is 5.97 Å². The lowest BCUT2D eigenvalue weighted by molar-refractivity contribution is -0.132. The Labute approximate surface area is 233 Å². The number of ether oxygens (including phenoxy) is 2. The van der Waals surface area contributed by atoms with Gasteiger partial charge in [-0.2, -0.15) is 0 Å². The Morgan fingerprint density at radius 2 is 1.62 bits per heavy atom. The molecule has 4 rings (SSSR count). The van der Waals surface area contributed by atoms with E-state index in [-0.39, 0.29) is 34.7 Å². The van der Waals surface area contributed by atoms with Gasteiger partial charge in [0, 0.05) is 5.69 Å². The zero-order valence-corrected chi connectivity index (χ0v) is 23.2. The van der Waals surface area contributed by atoms with E-state index < -0.39 is 23.7 Å². The molecule has 3 aromatic carbocycles. The molecule has 1 amide bonds. The number of benzene rings is 3. The average molecular weight is 544 g/mol. The van der Waals surface area contributed by atoms with E-state index in [0.29, 0.717) is 29.0 Å². The largest absolute Gasteiger partial charge is 0.508 e. The van der Waals surface area contributed by atoms with E-state index in [1.807, 2.05) is 33.8 Å². The fraction of sp³-hybridized carbons (Fsp3) is 0.281. The van der Waals surface area contributed by atoms with Crippen molar-refractivity contribution in [1.82, 2.24) is 0 Å². The first-order valence-electron chi connectivity index (χ1n) is 13.0. The molecular formula is C32H33NO7. The van der Waals surface area contributed by atoms with E-state index in [2.05, 4.69) is 0 Å². The molecule has 0 saturated carbocycles. The van der Waals surface area contributed by atoms with E-state index in [1.54, 1.807) is 36.4 Å². The Hall–Kier alpha value is -4.59. The number of ketones is 1. The highest BCUT2D eigenvalue weighted by Crippen LogP contribution is 2.44. The summed E-state index contributed by atoms with van der Waals surface area (Å²) < 4.78 is 10.7. The second-order valence-electron chi connectivity index (χ2n) is 10.6. The molecule has 208 valence electrons. The molecule has 1 saturated heterocycles. The molecule has 0 radical (unpaired) electrons. The van der Waals surface area contributed by atoms with Crippen molar-refractivity contribution in [2.24, 2.45) is 0 Å². The number of rotatable bonds is 7. The van der Waals surface area contributed by atoms with Gasteiger partial charge in [-0.1, -0.05) is 45.9 Å². The SMILES string of the molecule is CCCOC(=O)c1ccc(N2C(=O)C(=O)/C(=C(/O)c3cc(C(C)(C)C)ccc3OC)C2c2ccc(O)cc2)cc1. The van der Waals surface area contributed by atoms with Crippen LogP contribution in [0.5, 0.6) is 11.5 Å². The van der Waals surface area contributed by atoms with Crippen LogP contribution in [0.25, 0.3) is 5.76 Å². The smallest absolute Gasteiger partial charge is 0.338 e. The summed E-state index contributed by atoms with van der Waals surface area (Å²) in [6.07, 6.45) is 0.685. The van der Waals surface area contributed by atoms with Crippen LogP contribution in [0.2, 0.25) is 0 Å². The predicted octanol–water partition coefficient (Wildman–Crippen LogP) is 5.89. The number of methoxy groups -OCH3 is 1. The van der Waals surface area contributed by atoms with Crippen molar-refractivity contribution in [1.29, 1.82) is 0 Å². The molecule has 0 bridgehead atoms. The number of aromatic hydroxyl groups is 1. The van der Waals surface area contributed by atoms with Crippen LogP contribution in [0, 0.1) is 0 Å². The second kappa shape index (κ2) is 11.3. The topological polar surface area (TPSA) is 113 Å². The lowest BCUT2D eigenvalue weighted by atomic mass is 9.85. The van der Waals surface area contributed by atoms with Crippen molar-refractivity contribution in [3.63, 3.8) is 0 Å². The number of phenolic OH excluding ortho intramolecular Hbond substituents is 1. The summed E-state index contributed by atoms with van der Waals surface area (Å²) in [5.74, 6) is -2.22. The number of phenols is 1. The van der Waals surface area contributed by atoms with Crippen molar-refractivity contribution in [3.8, 4) is 11.5 Å². The van der Waals surface area contributed by atoms with Gasteiger partial charge in [0.2, 0.25) is 0 Å². The van der Waals surface area contributed by atoms with Crippen LogP contribution in [0.15, 0.2) is 72.3 Å². The molecule has 1 unspecified atom stereocenters. The minimum atomic E-state index is -1.01. The molecule has 0 aliphatic carbocycles. The summed E-state index contributed by atoms with van der Waals surface area (Å²) in [5.41, 5.74) is 1.95. The van der Waals surface area contributed by atoms with Crippen LogP contribution in [-0.4, -0.2) is 41.6 Å². The number of aliphatic hydroxyl groups excluding tert-OH is 1. The maximum absolute atomic E-state index is 13.6. The van der Waals surface area contributed by atoms with Crippen LogP contribution in [-0.2, 0) is 19.7 Å². The molecule has 2 N–H and O–H groups in total. The number of hydrogen-bond donors (Lipinski definition) is 2. The summed E-state index contributed by atoms with van der Waals surface area (Å²) in [6, 6.07) is 16.6. The maximum Gasteiger partial charge on any atom is 0.338 e. The molecule has 1 atom stereocenters. The Kier molecular flexibility index (Phi) is 8.00. The van der Waals surface area contributed by atoms with Gasteiger partial charge in [-0.3, -0.25) is 14.5 Å². The van der Waals surface area contributed by atoms with E-state index in [0.717, 1.165) is 5.56 Å². The Morgan fingerprint density at radius 3 is 2.20 bits per heavy atom. The first-order valence-corrected chi connectivity index (χ1v) is 13.0. The molecule has 0 spiro atoms. The number of hydrogen-bond acceptors (Lipinski definition) is 7. The van der Waals surface area contributed by atoms with E-state index in [1.165, 1.54) is 36.3 Å². The van der Waals surface area contributed by atoms with Gasteiger partial charge in [-0.25, -0.2) is 4.79 Å².